The van der Waals surface area contributed by atoms with E-state index in [1.54, 1.807) is 12.1 Å². The molecule has 11 nitrogen and oxygen atoms in total. The van der Waals surface area contributed by atoms with Crippen molar-refractivity contribution in [2.24, 2.45) is 5.41 Å². The Kier molecular flexibility index (Phi) is 5.61. The van der Waals surface area contributed by atoms with Crippen LogP contribution < -0.4 is 15.1 Å². The SMILES string of the molecule is CN1C(=O)N(C)C(=O)C2(Cc3cc(/C=C4\C(=O)NC(=O)N(c5cccc(F)c5)C4=O)ccc3N3CCCC32)C1=O. The van der Waals surface area contributed by atoms with E-state index in [1.165, 1.54) is 32.3 Å². The van der Waals surface area contributed by atoms with Crippen molar-refractivity contribution in [3.05, 3.63) is 65.0 Å². The van der Waals surface area contributed by atoms with E-state index in [9.17, 15) is 33.2 Å². The first kappa shape index (κ1) is 25.4. The molecule has 204 valence electrons. The summed E-state index contributed by atoms with van der Waals surface area (Å²) in [7, 11) is 2.73. The highest BCUT2D eigenvalue weighted by Crippen LogP contribution is 2.49. The number of anilines is 2. The van der Waals surface area contributed by atoms with Gasteiger partial charge in [0.05, 0.1) is 11.7 Å². The summed E-state index contributed by atoms with van der Waals surface area (Å²) in [5.74, 6) is -3.60. The van der Waals surface area contributed by atoms with Crippen molar-refractivity contribution in [2.75, 3.05) is 30.4 Å². The van der Waals surface area contributed by atoms with E-state index in [4.69, 9.17) is 0 Å². The zero-order chi connectivity index (χ0) is 28.5. The third-order valence-electron chi connectivity index (χ3n) is 8.13. The lowest BCUT2D eigenvalue weighted by molar-refractivity contribution is -0.159. The molecule has 1 N–H and O–H groups in total. The average Bonchev–Trinajstić information content (AvgIpc) is 3.43. The van der Waals surface area contributed by atoms with Gasteiger partial charge in [0.1, 0.15) is 11.4 Å². The topological polar surface area (TPSA) is 127 Å². The van der Waals surface area contributed by atoms with Crippen LogP contribution in [0.2, 0.25) is 0 Å². The van der Waals surface area contributed by atoms with E-state index in [-0.39, 0.29) is 17.7 Å². The molecule has 1 atom stereocenters. The Bertz CT molecular complexity index is 1560. The second-order valence-corrected chi connectivity index (χ2v) is 10.3. The number of rotatable bonds is 2. The maximum absolute atomic E-state index is 13.8. The predicted molar refractivity (Wildman–Crippen MR) is 139 cm³/mol. The van der Waals surface area contributed by atoms with Gasteiger partial charge in [-0.25, -0.2) is 18.9 Å². The van der Waals surface area contributed by atoms with Crippen molar-refractivity contribution < 1.29 is 33.2 Å². The van der Waals surface area contributed by atoms with Gasteiger partial charge < -0.3 is 4.90 Å². The van der Waals surface area contributed by atoms with Crippen molar-refractivity contribution in [3.63, 3.8) is 0 Å². The van der Waals surface area contributed by atoms with E-state index in [0.717, 1.165) is 34.0 Å². The molecule has 0 radical (unpaired) electrons. The van der Waals surface area contributed by atoms with Gasteiger partial charge in [-0.1, -0.05) is 12.1 Å². The Morgan fingerprint density at radius 3 is 2.40 bits per heavy atom. The quantitative estimate of drug-likeness (QED) is 0.348. The monoisotopic (exact) mass is 545 g/mol. The van der Waals surface area contributed by atoms with E-state index < -0.39 is 53.0 Å². The molecule has 0 bridgehead atoms. The molecule has 12 heteroatoms. The standard InChI is InChI=1S/C28H24FN5O6/c1-31-24(37)28(25(38)32(2)27(31)40)14-16-11-15(8-9-20(16)33-10-4-7-21(28)33)12-19-22(35)30-26(39)34(23(19)36)18-6-3-5-17(29)13-18/h3,5-6,8-9,11-13,21H,4,7,10,14H2,1-2H3,(H,30,35,39)/b19-12+. The van der Waals surface area contributed by atoms with Crippen LogP contribution in [0.4, 0.5) is 25.4 Å². The zero-order valence-corrected chi connectivity index (χ0v) is 21.6. The highest BCUT2D eigenvalue weighted by atomic mass is 19.1. The van der Waals surface area contributed by atoms with E-state index in [2.05, 4.69) is 5.32 Å². The lowest BCUT2D eigenvalue weighted by Crippen LogP contribution is -2.70. The number of barbiturate groups is 2. The molecule has 1 unspecified atom stereocenters. The van der Waals surface area contributed by atoms with Gasteiger partial charge in [0, 0.05) is 26.3 Å². The molecule has 40 heavy (non-hydrogen) atoms. The summed E-state index contributed by atoms with van der Waals surface area (Å²) < 4.78 is 13.8. The Hall–Kier alpha value is -4.87. The Labute approximate surface area is 227 Å². The summed E-state index contributed by atoms with van der Waals surface area (Å²) in [6, 6.07) is 7.98. The van der Waals surface area contributed by atoms with E-state index >= 15 is 0 Å². The number of amides is 8. The number of nitrogens with one attached hydrogen (secondary N) is 1. The average molecular weight is 546 g/mol. The molecule has 0 aliphatic carbocycles. The fraction of sp³-hybridized carbons (Fsp3) is 0.286. The largest absolute Gasteiger partial charge is 0.367 e. The molecular weight excluding hydrogens is 521 g/mol. The van der Waals surface area contributed by atoms with Gasteiger partial charge in [-0.05, 0) is 66.8 Å². The molecule has 4 heterocycles. The van der Waals surface area contributed by atoms with Gasteiger partial charge >= 0.3 is 12.1 Å². The highest BCUT2D eigenvalue weighted by molar-refractivity contribution is 6.39. The summed E-state index contributed by atoms with van der Waals surface area (Å²) >= 11 is 0. The molecule has 2 aromatic rings. The summed E-state index contributed by atoms with van der Waals surface area (Å²) in [6.07, 6.45) is 2.72. The molecule has 1 spiro atoms. The van der Waals surface area contributed by atoms with Crippen LogP contribution in [0.5, 0.6) is 0 Å². The number of halogens is 1. The molecule has 0 saturated carbocycles. The lowest BCUT2D eigenvalue weighted by atomic mass is 9.68. The van der Waals surface area contributed by atoms with Gasteiger partial charge in [-0.3, -0.25) is 34.3 Å². The number of hydrogen-bond donors (Lipinski definition) is 1. The minimum absolute atomic E-state index is 0.0359. The third kappa shape index (κ3) is 3.48. The minimum Gasteiger partial charge on any atom is -0.367 e. The molecule has 3 saturated heterocycles. The number of hydrogen-bond acceptors (Lipinski definition) is 7. The number of carbonyl (C=O) groups excluding carboxylic acids is 6. The number of urea groups is 2. The van der Waals surface area contributed by atoms with Crippen LogP contribution in [0.3, 0.4) is 0 Å². The van der Waals surface area contributed by atoms with Gasteiger partial charge in [0.2, 0.25) is 11.8 Å². The molecular formula is C28H24FN5O6. The Morgan fingerprint density at radius 2 is 1.70 bits per heavy atom. The third-order valence-corrected chi connectivity index (χ3v) is 8.13. The van der Waals surface area contributed by atoms with Crippen LogP contribution in [0.1, 0.15) is 24.0 Å². The van der Waals surface area contributed by atoms with Crippen molar-refractivity contribution in [3.8, 4) is 0 Å². The molecule has 3 fully saturated rings. The van der Waals surface area contributed by atoms with Crippen molar-refractivity contribution in [1.29, 1.82) is 0 Å². The molecule has 8 amide bonds. The summed E-state index contributed by atoms with van der Waals surface area (Å²) in [5.41, 5.74) is 0.0210. The summed E-state index contributed by atoms with van der Waals surface area (Å²) in [6.45, 7) is 0.618. The zero-order valence-electron chi connectivity index (χ0n) is 21.6. The van der Waals surface area contributed by atoms with Crippen molar-refractivity contribution in [1.82, 2.24) is 15.1 Å². The lowest BCUT2D eigenvalue weighted by Gasteiger charge is -2.50. The first-order valence-electron chi connectivity index (χ1n) is 12.7. The second-order valence-electron chi connectivity index (χ2n) is 10.3. The molecule has 2 aromatic carbocycles. The molecule has 4 aliphatic heterocycles. The van der Waals surface area contributed by atoms with E-state index in [1.807, 2.05) is 11.0 Å². The number of imide groups is 4. The van der Waals surface area contributed by atoms with Gasteiger partial charge in [-0.2, -0.15) is 0 Å². The summed E-state index contributed by atoms with van der Waals surface area (Å²) in [4.78, 5) is 82.7. The first-order chi connectivity index (χ1) is 19.0. The second kappa shape index (κ2) is 8.83. The fourth-order valence-electron chi connectivity index (χ4n) is 6.30. The number of carbonyl (C=O) groups is 6. The molecule has 4 aliphatic rings. The van der Waals surface area contributed by atoms with Gasteiger partial charge in [0.25, 0.3) is 11.8 Å². The Balaban J connectivity index is 1.41. The van der Waals surface area contributed by atoms with Crippen LogP contribution in [0, 0.1) is 11.2 Å². The van der Waals surface area contributed by atoms with Crippen molar-refractivity contribution in [2.45, 2.75) is 25.3 Å². The van der Waals surface area contributed by atoms with Gasteiger partial charge in [0.15, 0.2) is 5.41 Å². The van der Waals surface area contributed by atoms with Gasteiger partial charge in [-0.15, -0.1) is 0 Å². The Morgan fingerprint density at radius 1 is 0.975 bits per heavy atom. The van der Waals surface area contributed by atoms with Crippen LogP contribution >= 0.6 is 0 Å². The normalized spacial score (nSPS) is 23.3. The summed E-state index contributed by atoms with van der Waals surface area (Å²) in [5, 5.41) is 2.11. The van der Waals surface area contributed by atoms with Crippen LogP contribution in [-0.4, -0.2) is 72.2 Å². The smallest absolute Gasteiger partial charge is 0.335 e. The maximum atomic E-state index is 13.8. The van der Waals surface area contributed by atoms with Crippen molar-refractivity contribution >= 4 is 53.1 Å². The fourth-order valence-corrected chi connectivity index (χ4v) is 6.30. The number of fused-ring (bicyclic) bond motifs is 4. The predicted octanol–water partition coefficient (Wildman–Crippen LogP) is 2.05. The molecule has 0 aromatic heterocycles. The maximum Gasteiger partial charge on any atom is 0.335 e. The minimum atomic E-state index is -1.49. The number of benzene rings is 2. The van der Waals surface area contributed by atoms with Crippen LogP contribution in [0.25, 0.3) is 6.08 Å². The molecule has 6 rings (SSSR count). The van der Waals surface area contributed by atoms with Crippen LogP contribution in [0.15, 0.2) is 48.0 Å². The van der Waals surface area contributed by atoms with Crippen LogP contribution in [-0.2, 0) is 25.6 Å². The van der Waals surface area contributed by atoms with E-state index in [0.29, 0.717) is 29.0 Å². The first-order valence-corrected chi connectivity index (χ1v) is 12.7. The number of nitrogens with zero attached hydrogens (tertiary/aromatic N) is 4. The highest BCUT2D eigenvalue weighted by Gasteiger charge is 2.63.